The average molecular weight is 408 g/mol. The standard InChI is InChI=1S/C24H29N3OS/c1-2-3-4-5-6-13-18-25-23(28)27-24-26-21(19-14-9-7-10-15-19)22(29-24)20-16-11-8-12-17-20/h7-12,14-17H,2-6,13,18H2,1H3,(H2,25,26,27,28). The van der Waals surface area contributed by atoms with E-state index in [0.29, 0.717) is 11.7 Å². The van der Waals surface area contributed by atoms with Crippen molar-refractivity contribution in [1.82, 2.24) is 10.3 Å². The number of nitrogens with one attached hydrogen (secondary N) is 2. The molecule has 0 saturated heterocycles. The molecule has 0 aliphatic carbocycles. The highest BCUT2D eigenvalue weighted by molar-refractivity contribution is 7.19. The van der Waals surface area contributed by atoms with Gasteiger partial charge in [-0.05, 0) is 12.0 Å². The molecular weight excluding hydrogens is 378 g/mol. The maximum Gasteiger partial charge on any atom is 0.321 e. The van der Waals surface area contributed by atoms with E-state index in [-0.39, 0.29) is 6.03 Å². The van der Waals surface area contributed by atoms with E-state index in [1.54, 1.807) is 0 Å². The number of rotatable bonds is 10. The Kier molecular flexibility index (Phi) is 8.25. The van der Waals surface area contributed by atoms with E-state index in [2.05, 4.69) is 29.7 Å². The number of thiazole rings is 1. The summed E-state index contributed by atoms with van der Waals surface area (Å²) in [6.07, 6.45) is 7.25. The Morgan fingerprint density at radius 1 is 0.862 bits per heavy atom. The topological polar surface area (TPSA) is 54.0 Å². The van der Waals surface area contributed by atoms with Crippen LogP contribution in [0.15, 0.2) is 60.7 Å². The normalized spacial score (nSPS) is 10.7. The van der Waals surface area contributed by atoms with Gasteiger partial charge in [0, 0.05) is 12.1 Å². The molecule has 2 aromatic carbocycles. The van der Waals surface area contributed by atoms with Crippen LogP contribution in [0.2, 0.25) is 0 Å². The Morgan fingerprint density at radius 2 is 1.48 bits per heavy atom. The third-order valence-electron chi connectivity index (χ3n) is 4.75. The first kappa shape index (κ1) is 21.1. The predicted molar refractivity (Wildman–Crippen MR) is 123 cm³/mol. The number of carbonyl (C=O) groups excluding carboxylic acids is 1. The summed E-state index contributed by atoms with van der Waals surface area (Å²) in [6, 6.07) is 20.1. The minimum absolute atomic E-state index is 0.188. The van der Waals surface area contributed by atoms with Crippen LogP contribution in [0.5, 0.6) is 0 Å². The van der Waals surface area contributed by atoms with E-state index >= 15 is 0 Å². The Bertz CT molecular complexity index is 821. The lowest BCUT2D eigenvalue weighted by atomic mass is 10.1. The van der Waals surface area contributed by atoms with Crippen LogP contribution in [0, 0.1) is 0 Å². The molecule has 152 valence electrons. The molecule has 0 aliphatic rings. The molecule has 29 heavy (non-hydrogen) atoms. The highest BCUT2D eigenvalue weighted by Gasteiger charge is 2.16. The lowest BCUT2D eigenvalue weighted by Gasteiger charge is -2.05. The molecule has 0 fully saturated rings. The van der Waals surface area contributed by atoms with E-state index < -0.39 is 0 Å². The smallest absolute Gasteiger partial charge is 0.321 e. The zero-order valence-electron chi connectivity index (χ0n) is 17.0. The molecule has 0 atom stereocenters. The van der Waals surface area contributed by atoms with Crippen molar-refractivity contribution in [2.24, 2.45) is 0 Å². The van der Waals surface area contributed by atoms with Crippen molar-refractivity contribution in [3.63, 3.8) is 0 Å². The first-order valence-electron chi connectivity index (χ1n) is 10.4. The fourth-order valence-electron chi connectivity index (χ4n) is 3.20. The summed E-state index contributed by atoms with van der Waals surface area (Å²) >= 11 is 1.51. The van der Waals surface area contributed by atoms with Gasteiger partial charge in [0.2, 0.25) is 0 Å². The van der Waals surface area contributed by atoms with Crippen molar-refractivity contribution in [3.8, 4) is 21.7 Å². The molecule has 3 rings (SSSR count). The molecule has 2 N–H and O–H groups in total. The number of aromatic nitrogens is 1. The van der Waals surface area contributed by atoms with Gasteiger partial charge in [0.15, 0.2) is 5.13 Å². The number of urea groups is 1. The van der Waals surface area contributed by atoms with Crippen LogP contribution in [0.1, 0.15) is 45.4 Å². The maximum absolute atomic E-state index is 12.3. The highest BCUT2D eigenvalue weighted by atomic mass is 32.1. The van der Waals surface area contributed by atoms with E-state index in [1.165, 1.54) is 37.0 Å². The molecule has 2 amide bonds. The molecule has 0 aliphatic heterocycles. The van der Waals surface area contributed by atoms with Crippen LogP contribution >= 0.6 is 11.3 Å². The summed E-state index contributed by atoms with van der Waals surface area (Å²) in [5.74, 6) is 0. The minimum Gasteiger partial charge on any atom is -0.338 e. The van der Waals surface area contributed by atoms with Crippen LogP contribution in [-0.2, 0) is 0 Å². The Balaban J connectivity index is 1.63. The summed E-state index contributed by atoms with van der Waals surface area (Å²) in [4.78, 5) is 18.1. The molecule has 0 unspecified atom stereocenters. The van der Waals surface area contributed by atoms with Crippen LogP contribution in [0.3, 0.4) is 0 Å². The number of benzene rings is 2. The maximum atomic E-state index is 12.3. The van der Waals surface area contributed by atoms with E-state index in [4.69, 9.17) is 4.98 Å². The predicted octanol–water partition coefficient (Wildman–Crippen LogP) is 6.96. The fourth-order valence-corrected chi connectivity index (χ4v) is 4.19. The zero-order chi connectivity index (χ0) is 20.3. The number of anilines is 1. The molecule has 0 saturated carbocycles. The van der Waals surface area contributed by atoms with Crippen LogP contribution in [0.25, 0.3) is 21.7 Å². The SMILES string of the molecule is CCCCCCCCNC(=O)Nc1nc(-c2ccccc2)c(-c2ccccc2)s1. The first-order chi connectivity index (χ1) is 14.3. The van der Waals surface area contributed by atoms with Crippen LogP contribution in [0.4, 0.5) is 9.93 Å². The van der Waals surface area contributed by atoms with Gasteiger partial charge in [-0.1, -0.05) is 111 Å². The van der Waals surface area contributed by atoms with Gasteiger partial charge in [0.25, 0.3) is 0 Å². The molecular formula is C24H29N3OS. The summed E-state index contributed by atoms with van der Waals surface area (Å²) < 4.78 is 0. The van der Waals surface area contributed by atoms with Crippen LogP contribution in [-0.4, -0.2) is 17.6 Å². The van der Waals surface area contributed by atoms with Gasteiger partial charge in [-0.2, -0.15) is 0 Å². The summed E-state index contributed by atoms with van der Waals surface area (Å²) in [7, 11) is 0. The fraction of sp³-hybridized carbons (Fsp3) is 0.333. The van der Waals surface area contributed by atoms with E-state index in [1.807, 2.05) is 48.5 Å². The van der Waals surface area contributed by atoms with E-state index in [9.17, 15) is 4.79 Å². The summed E-state index contributed by atoms with van der Waals surface area (Å²) in [5, 5.41) is 6.47. The number of nitrogens with zero attached hydrogens (tertiary/aromatic N) is 1. The molecule has 5 heteroatoms. The molecule has 0 spiro atoms. The largest absolute Gasteiger partial charge is 0.338 e. The second-order valence-electron chi connectivity index (χ2n) is 7.08. The quantitative estimate of drug-likeness (QED) is 0.357. The van der Waals surface area contributed by atoms with Gasteiger partial charge in [-0.3, -0.25) is 5.32 Å². The molecule has 0 radical (unpaired) electrons. The van der Waals surface area contributed by atoms with Crippen molar-refractivity contribution in [1.29, 1.82) is 0 Å². The first-order valence-corrected chi connectivity index (χ1v) is 11.3. The van der Waals surface area contributed by atoms with Crippen molar-refractivity contribution >= 4 is 22.5 Å². The van der Waals surface area contributed by atoms with Gasteiger partial charge in [0.1, 0.15) is 0 Å². The van der Waals surface area contributed by atoms with Gasteiger partial charge >= 0.3 is 6.03 Å². The van der Waals surface area contributed by atoms with Crippen molar-refractivity contribution in [3.05, 3.63) is 60.7 Å². The third-order valence-corrected chi connectivity index (χ3v) is 5.77. The molecule has 4 nitrogen and oxygen atoms in total. The molecule has 1 heterocycles. The van der Waals surface area contributed by atoms with Crippen molar-refractivity contribution in [2.45, 2.75) is 45.4 Å². The van der Waals surface area contributed by atoms with Crippen molar-refractivity contribution in [2.75, 3.05) is 11.9 Å². The van der Waals surface area contributed by atoms with Gasteiger partial charge in [-0.15, -0.1) is 0 Å². The van der Waals surface area contributed by atoms with Crippen molar-refractivity contribution < 1.29 is 4.79 Å². The summed E-state index contributed by atoms with van der Waals surface area (Å²) in [6.45, 7) is 2.91. The summed E-state index contributed by atoms with van der Waals surface area (Å²) in [5.41, 5.74) is 3.04. The minimum atomic E-state index is -0.188. The number of hydrogen-bond donors (Lipinski definition) is 2. The Labute approximate surface area is 177 Å². The number of amides is 2. The van der Waals surface area contributed by atoms with Gasteiger partial charge < -0.3 is 5.32 Å². The number of hydrogen-bond acceptors (Lipinski definition) is 3. The Morgan fingerprint density at radius 3 is 2.17 bits per heavy atom. The second kappa shape index (κ2) is 11.4. The average Bonchev–Trinajstić information content (AvgIpc) is 3.18. The zero-order valence-corrected chi connectivity index (χ0v) is 17.8. The molecule has 3 aromatic rings. The lowest BCUT2D eigenvalue weighted by Crippen LogP contribution is -2.29. The third kappa shape index (κ3) is 6.43. The number of carbonyl (C=O) groups is 1. The van der Waals surface area contributed by atoms with E-state index in [0.717, 1.165) is 34.5 Å². The lowest BCUT2D eigenvalue weighted by molar-refractivity contribution is 0.252. The monoisotopic (exact) mass is 407 g/mol. The van der Waals surface area contributed by atoms with Gasteiger partial charge in [0.05, 0.1) is 10.6 Å². The Hall–Kier alpha value is -2.66. The van der Waals surface area contributed by atoms with Crippen LogP contribution < -0.4 is 10.6 Å². The molecule has 0 bridgehead atoms. The molecule has 1 aromatic heterocycles. The highest BCUT2D eigenvalue weighted by Crippen LogP contribution is 2.38. The number of unbranched alkanes of at least 4 members (excludes halogenated alkanes) is 5. The second-order valence-corrected chi connectivity index (χ2v) is 8.08. The van der Waals surface area contributed by atoms with Gasteiger partial charge in [-0.25, -0.2) is 9.78 Å².